The maximum Gasteiger partial charge on any atom is 0.253 e. The van der Waals surface area contributed by atoms with Gasteiger partial charge < -0.3 is 5.32 Å². The number of anilines is 2. The van der Waals surface area contributed by atoms with Crippen molar-refractivity contribution < 1.29 is 18.0 Å². The molecule has 7 nitrogen and oxygen atoms in total. The van der Waals surface area contributed by atoms with E-state index in [9.17, 15) is 18.0 Å². The van der Waals surface area contributed by atoms with Gasteiger partial charge in [0.2, 0.25) is 11.8 Å². The number of hydrogen-bond donors (Lipinski definition) is 1. The molecular formula is C18H19N3O4S2. The molecule has 0 bridgehead atoms. The standard InChI is InChI=1S/C18H19N3O4S2/c22-16-12-20(14-7-2-1-6-13(14)19-16)18(23)15-8-3-4-10-21(15)27(24,25)17-9-5-11-26-17/h1-2,5-7,9,11,15H,3-4,8,10,12H2,(H,19,22)/t15-/m1/s1. The van der Waals surface area contributed by atoms with Gasteiger partial charge in [-0.2, -0.15) is 4.31 Å². The van der Waals surface area contributed by atoms with E-state index in [0.29, 0.717) is 30.8 Å². The fraction of sp³-hybridized carbons (Fsp3) is 0.333. The Bertz CT molecular complexity index is 972. The Morgan fingerprint density at radius 3 is 2.74 bits per heavy atom. The van der Waals surface area contributed by atoms with Crippen LogP contribution in [0.3, 0.4) is 0 Å². The molecule has 2 aliphatic rings. The molecule has 2 aliphatic heterocycles. The average molecular weight is 406 g/mol. The number of piperidine rings is 1. The quantitative estimate of drug-likeness (QED) is 0.849. The highest BCUT2D eigenvalue weighted by molar-refractivity contribution is 7.91. The van der Waals surface area contributed by atoms with Gasteiger partial charge in [0.05, 0.1) is 11.4 Å². The predicted molar refractivity (Wildman–Crippen MR) is 103 cm³/mol. The van der Waals surface area contributed by atoms with Crippen molar-refractivity contribution in [3.8, 4) is 0 Å². The van der Waals surface area contributed by atoms with E-state index < -0.39 is 16.1 Å². The minimum atomic E-state index is -3.74. The zero-order valence-electron chi connectivity index (χ0n) is 14.5. The van der Waals surface area contributed by atoms with Crippen molar-refractivity contribution in [2.75, 3.05) is 23.3 Å². The largest absolute Gasteiger partial charge is 0.323 e. The van der Waals surface area contributed by atoms with E-state index >= 15 is 0 Å². The summed E-state index contributed by atoms with van der Waals surface area (Å²) in [6, 6.07) is 9.49. The second-order valence-corrected chi connectivity index (χ2v) is 9.61. The number of para-hydroxylation sites is 2. The third kappa shape index (κ3) is 3.26. The molecule has 0 saturated carbocycles. The first kappa shape index (κ1) is 18.1. The summed E-state index contributed by atoms with van der Waals surface area (Å²) in [5, 5.41) is 4.46. The minimum Gasteiger partial charge on any atom is -0.323 e. The van der Waals surface area contributed by atoms with Gasteiger partial charge in [-0.1, -0.05) is 24.6 Å². The van der Waals surface area contributed by atoms with Crippen LogP contribution in [0.15, 0.2) is 46.0 Å². The summed E-state index contributed by atoms with van der Waals surface area (Å²) in [6.07, 6.45) is 1.93. The van der Waals surface area contributed by atoms with Crippen molar-refractivity contribution in [1.82, 2.24) is 4.31 Å². The van der Waals surface area contributed by atoms with Crippen LogP contribution < -0.4 is 10.2 Å². The van der Waals surface area contributed by atoms with Gasteiger partial charge >= 0.3 is 0 Å². The number of nitrogens with zero attached hydrogens (tertiary/aromatic N) is 2. The van der Waals surface area contributed by atoms with Crippen LogP contribution in [0.4, 0.5) is 11.4 Å². The van der Waals surface area contributed by atoms with Gasteiger partial charge in [-0.3, -0.25) is 14.5 Å². The number of fused-ring (bicyclic) bond motifs is 1. The van der Waals surface area contributed by atoms with Gasteiger partial charge in [0.1, 0.15) is 16.8 Å². The van der Waals surface area contributed by atoms with Crippen LogP contribution >= 0.6 is 11.3 Å². The molecule has 3 heterocycles. The number of nitrogens with one attached hydrogen (secondary N) is 1. The molecule has 4 rings (SSSR count). The number of carbonyl (C=O) groups excluding carboxylic acids is 2. The lowest BCUT2D eigenvalue weighted by molar-refractivity contribution is -0.125. The van der Waals surface area contributed by atoms with Gasteiger partial charge in [0.15, 0.2) is 0 Å². The van der Waals surface area contributed by atoms with Crippen molar-refractivity contribution in [3.05, 3.63) is 41.8 Å². The normalized spacial score (nSPS) is 20.8. The van der Waals surface area contributed by atoms with E-state index in [4.69, 9.17) is 0 Å². The topological polar surface area (TPSA) is 86.8 Å². The molecular weight excluding hydrogens is 386 g/mol. The molecule has 0 radical (unpaired) electrons. The summed E-state index contributed by atoms with van der Waals surface area (Å²) < 4.78 is 27.6. The maximum absolute atomic E-state index is 13.3. The van der Waals surface area contributed by atoms with Crippen LogP contribution in [0.5, 0.6) is 0 Å². The lowest BCUT2D eigenvalue weighted by Gasteiger charge is -2.38. The zero-order valence-corrected chi connectivity index (χ0v) is 16.1. The summed E-state index contributed by atoms with van der Waals surface area (Å²) in [7, 11) is -3.74. The Morgan fingerprint density at radius 2 is 1.96 bits per heavy atom. The number of benzene rings is 1. The van der Waals surface area contributed by atoms with Gasteiger partial charge in [-0.05, 0) is 36.4 Å². The summed E-state index contributed by atoms with van der Waals surface area (Å²) in [5.41, 5.74) is 1.16. The molecule has 142 valence electrons. The molecule has 2 amide bonds. The SMILES string of the molecule is O=C1CN(C(=O)[C@H]2CCCCN2S(=O)(=O)c2cccs2)c2ccccc2N1. The Labute approximate surface area is 161 Å². The van der Waals surface area contributed by atoms with Crippen molar-refractivity contribution >= 4 is 44.5 Å². The van der Waals surface area contributed by atoms with Crippen LogP contribution in [0, 0.1) is 0 Å². The van der Waals surface area contributed by atoms with E-state index in [1.54, 1.807) is 41.8 Å². The zero-order chi connectivity index (χ0) is 19.0. The summed E-state index contributed by atoms with van der Waals surface area (Å²) in [4.78, 5) is 26.8. The van der Waals surface area contributed by atoms with Crippen LogP contribution in [0.1, 0.15) is 19.3 Å². The Morgan fingerprint density at radius 1 is 1.15 bits per heavy atom. The summed E-state index contributed by atoms with van der Waals surface area (Å²) in [6.45, 7) is 0.192. The number of carbonyl (C=O) groups is 2. The molecule has 1 aromatic carbocycles. The van der Waals surface area contributed by atoms with Crippen molar-refractivity contribution in [1.29, 1.82) is 0 Å². The Balaban J connectivity index is 1.69. The number of hydrogen-bond acceptors (Lipinski definition) is 5. The second-order valence-electron chi connectivity index (χ2n) is 6.55. The molecule has 0 unspecified atom stereocenters. The molecule has 1 N–H and O–H groups in total. The average Bonchev–Trinajstić information content (AvgIpc) is 3.22. The van der Waals surface area contributed by atoms with E-state index in [0.717, 1.165) is 17.8 Å². The second kappa shape index (κ2) is 7.06. The molecule has 0 aliphatic carbocycles. The highest BCUT2D eigenvalue weighted by Gasteiger charge is 2.41. The van der Waals surface area contributed by atoms with Crippen molar-refractivity contribution in [3.63, 3.8) is 0 Å². The number of amides is 2. The first-order chi connectivity index (χ1) is 13.0. The maximum atomic E-state index is 13.3. The molecule has 1 atom stereocenters. The Kier molecular flexibility index (Phi) is 4.75. The molecule has 27 heavy (non-hydrogen) atoms. The van der Waals surface area contributed by atoms with Gasteiger partial charge in [0.25, 0.3) is 10.0 Å². The lowest BCUT2D eigenvalue weighted by Crippen LogP contribution is -2.55. The van der Waals surface area contributed by atoms with E-state index in [-0.39, 0.29) is 22.6 Å². The molecule has 1 fully saturated rings. The van der Waals surface area contributed by atoms with Crippen LogP contribution in [-0.4, -0.2) is 43.7 Å². The third-order valence-corrected chi connectivity index (χ3v) is 8.11. The first-order valence-electron chi connectivity index (χ1n) is 8.74. The van der Waals surface area contributed by atoms with Crippen molar-refractivity contribution in [2.45, 2.75) is 29.5 Å². The van der Waals surface area contributed by atoms with Gasteiger partial charge in [-0.15, -0.1) is 11.3 Å². The molecule has 9 heteroatoms. The summed E-state index contributed by atoms with van der Waals surface area (Å²) in [5.74, 6) is -0.636. The fourth-order valence-electron chi connectivity index (χ4n) is 3.58. The van der Waals surface area contributed by atoms with Crippen molar-refractivity contribution in [2.24, 2.45) is 0 Å². The van der Waals surface area contributed by atoms with Crippen LogP contribution in [0.2, 0.25) is 0 Å². The summed E-state index contributed by atoms with van der Waals surface area (Å²) >= 11 is 1.14. The van der Waals surface area contributed by atoms with Gasteiger partial charge in [0, 0.05) is 6.54 Å². The lowest BCUT2D eigenvalue weighted by atomic mass is 10.0. The van der Waals surface area contributed by atoms with Gasteiger partial charge in [-0.25, -0.2) is 8.42 Å². The molecule has 0 spiro atoms. The highest BCUT2D eigenvalue weighted by atomic mass is 32.2. The first-order valence-corrected chi connectivity index (χ1v) is 11.1. The fourth-order valence-corrected chi connectivity index (χ4v) is 6.35. The van der Waals surface area contributed by atoms with Crippen LogP contribution in [0.25, 0.3) is 0 Å². The third-order valence-electron chi connectivity index (χ3n) is 4.83. The smallest absolute Gasteiger partial charge is 0.253 e. The Hall–Kier alpha value is -2.23. The monoisotopic (exact) mass is 405 g/mol. The molecule has 2 aromatic rings. The molecule has 1 aromatic heterocycles. The van der Waals surface area contributed by atoms with Crippen LogP contribution in [-0.2, 0) is 19.6 Å². The van der Waals surface area contributed by atoms with E-state index in [1.807, 2.05) is 0 Å². The number of rotatable bonds is 3. The minimum absolute atomic E-state index is 0.112. The molecule has 1 saturated heterocycles. The predicted octanol–water partition coefficient (Wildman–Crippen LogP) is 2.28. The number of sulfonamides is 1. The van der Waals surface area contributed by atoms with E-state index in [1.165, 1.54) is 9.21 Å². The number of thiophene rings is 1. The van der Waals surface area contributed by atoms with E-state index in [2.05, 4.69) is 5.32 Å². The highest BCUT2D eigenvalue weighted by Crippen LogP contribution is 2.33.